The fraction of sp³-hybridized carbons (Fsp3) is 0.273. The molecule has 3 aromatic rings. The highest BCUT2D eigenvalue weighted by Gasteiger charge is 2.07. The largest absolute Gasteiger partial charge is 0.493 e. The number of pyridine rings is 1. The van der Waals surface area contributed by atoms with Crippen LogP contribution in [0.3, 0.4) is 0 Å². The quantitative estimate of drug-likeness (QED) is 0.583. The summed E-state index contributed by atoms with van der Waals surface area (Å²) in [6.45, 7) is 2.81. The first-order valence-corrected chi connectivity index (χ1v) is 9.57. The third-order valence-electron chi connectivity index (χ3n) is 4.44. The molecule has 0 spiro atoms. The van der Waals surface area contributed by atoms with Gasteiger partial charge in [-0.05, 0) is 36.8 Å². The van der Waals surface area contributed by atoms with E-state index in [4.69, 9.17) is 9.47 Å². The summed E-state index contributed by atoms with van der Waals surface area (Å²) in [5.41, 5.74) is 1.60. The minimum absolute atomic E-state index is 0.0646. The van der Waals surface area contributed by atoms with Crippen molar-refractivity contribution in [2.45, 2.75) is 26.5 Å². The monoisotopic (exact) mass is 408 g/mol. The second-order valence-electron chi connectivity index (χ2n) is 6.63. The Morgan fingerprint density at radius 2 is 1.80 bits per heavy atom. The average molecular weight is 408 g/mol. The van der Waals surface area contributed by atoms with Crippen LogP contribution < -0.4 is 20.3 Å². The van der Waals surface area contributed by atoms with Gasteiger partial charge in [-0.15, -0.1) is 0 Å². The predicted octanol–water partition coefficient (Wildman–Crippen LogP) is 2.09. The lowest BCUT2D eigenvalue weighted by atomic mass is 10.2. The Morgan fingerprint density at radius 1 is 1.07 bits per heavy atom. The number of benzene rings is 1. The molecule has 3 rings (SSSR count). The minimum atomic E-state index is -0.148. The molecule has 0 aliphatic heterocycles. The van der Waals surface area contributed by atoms with Gasteiger partial charge in [0.1, 0.15) is 18.1 Å². The maximum absolute atomic E-state index is 12.6. The number of ether oxygens (including phenoxy) is 2. The molecular formula is C22H24N4O4. The van der Waals surface area contributed by atoms with Gasteiger partial charge in [0.05, 0.1) is 19.6 Å². The lowest BCUT2D eigenvalue weighted by molar-refractivity contribution is -0.121. The summed E-state index contributed by atoms with van der Waals surface area (Å²) >= 11 is 0. The summed E-state index contributed by atoms with van der Waals surface area (Å²) in [5, 5.41) is 2.55. The smallest absolute Gasteiger partial charge is 0.254 e. The molecule has 8 heteroatoms. The zero-order valence-corrected chi connectivity index (χ0v) is 17.0. The van der Waals surface area contributed by atoms with Crippen molar-refractivity contribution in [1.29, 1.82) is 0 Å². The zero-order valence-electron chi connectivity index (χ0n) is 17.0. The molecule has 0 bridgehead atoms. The van der Waals surface area contributed by atoms with Crippen LogP contribution in [0, 0.1) is 6.92 Å². The van der Waals surface area contributed by atoms with Crippen molar-refractivity contribution in [3.05, 3.63) is 82.3 Å². The summed E-state index contributed by atoms with van der Waals surface area (Å²) in [6, 6.07) is 12.5. The first kappa shape index (κ1) is 21.0. The van der Waals surface area contributed by atoms with E-state index < -0.39 is 0 Å². The number of nitrogens with zero attached hydrogens (tertiary/aromatic N) is 3. The SMILES string of the molecule is CNC(=O)CCOc1ccc(Cn2c(C)cc(OCc3ncccn3)cc2=O)cc1. The second-order valence-corrected chi connectivity index (χ2v) is 6.63. The molecule has 0 fully saturated rings. The Balaban J connectivity index is 1.60. The molecule has 8 nitrogen and oxygen atoms in total. The number of hydrogen-bond donors (Lipinski definition) is 1. The molecule has 2 heterocycles. The van der Waals surface area contributed by atoms with Crippen LogP contribution in [0.4, 0.5) is 0 Å². The fourth-order valence-corrected chi connectivity index (χ4v) is 2.80. The molecule has 0 saturated carbocycles. The Labute approximate surface area is 174 Å². The Kier molecular flexibility index (Phi) is 7.15. The van der Waals surface area contributed by atoms with Crippen molar-refractivity contribution in [3.63, 3.8) is 0 Å². The standard InChI is InChI=1S/C22H24N4O4/c1-16-12-19(30-15-20-24-9-3-10-25-20)13-22(28)26(16)14-17-4-6-18(7-5-17)29-11-8-21(27)23-2/h3-7,9-10,12-13H,8,11,14-15H2,1-2H3,(H,23,27). The van der Waals surface area contributed by atoms with Crippen molar-refractivity contribution in [2.24, 2.45) is 0 Å². The van der Waals surface area contributed by atoms with Crippen LogP contribution in [0.25, 0.3) is 0 Å². The molecule has 0 unspecified atom stereocenters. The van der Waals surface area contributed by atoms with E-state index >= 15 is 0 Å². The molecule has 0 aliphatic rings. The molecule has 1 N–H and O–H groups in total. The summed E-state index contributed by atoms with van der Waals surface area (Å²) in [6.07, 6.45) is 3.60. The highest BCUT2D eigenvalue weighted by molar-refractivity contribution is 5.75. The first-order valence-electron chi connectivity index (χ1n) is 9.57. The number of hydrogen-bond acceptors (Lipinski definition) is 6. The van der Waals surface area contributed by atoms with Gasteiger partial charge < -0.3 is 19.4 Å². The van der Waals surface area contributed by atoms with Gasteiger partial charge in [-0.3, -0.25) is 9.59 Å². The van der Waals surface area contributed by atoms with Gasteiger partial charge in [-0.2, -0.15) is 0 Å². The third-order valence-corrected chi connectivity index (χ3v) is 4.44. The van der Waals surface area contributed by atoms with Gasteiger partial charge in [0, 0.05) is 31.2 Å². The molecule has 0 radical (unpaired) electrons. The number of aryl methyl sites for hydroxylation is 1. The van der Waals surface area contributed by atoms with Crippen molar-refractivity contribution < 1.29 is 14.3 Å². The Bertz CT molecular complexity index is 1030. The Hall–Kier alpha value is -3.68. The van der Waals surface area contributed by atoms with Crippen LogP contribution in [0.5, 0.6) is 11.5 Å². The van der Waals surface area contributed by atoms with Gasteiger partial charge in [-0.25, -0.2) is 9.97 Å². The summed E-state index contributed by atoms with van der Waals surface area (Å²) < 4.78 is 12.9. The van der Waals surface area contributed by atoms with Gasteiger partial charge in [-0.1, -0.05) is 12.1 Å². The molecule has 30 heavy (non-hydrogen) atoms. The van der Waals surface area contributed by atoms with Crippen molar-refractivity contribution in [3.8, 4) is 11.5 Å². The van der Waals surface area contributed by atoms with Crippen LogP contribution in [0.2, 0.25) is 0 Å². The highest BCUT2D eigenvalue weighted by Crippen LogP contribution is 2.16. The van der Waals surface area contributed by atoms with Crippen LogP contribution >= 0.6 is 0 Å². The number of amides is 1. The maximum atomic E-state index is 12.6. The first-order chi connectivity index (χ1) is 14.5. The second kappa shape index (κ2) is 10.2. The molecule has 2 aromatic heterocycles. The van der Waals surface area contributed by atoms with Gasteiger partial charge in [0.2, 0.25) is 5.91 Å². The van der Waals surface area contributed by atoms with Crippen molar-refractivity contribution in [1.82, 2.24) is 19.9 Å². The normalized spacial score (nSPS) is 10.5. The number of rotatable bonds is 9. The molecule has 1 aromatic carbocycles. The number of nitrogens with one attached hydrogen (secondary N) is 1. The average Bonchev–Trinajstić information content (AvgIpc) is 2.76. The van der Waals surface area contributed by atoms with E-state index in [2.05, 4.69) is 15.3 Å². The van der Waals surface area contributed by atoms with Gasteiger partial charge in [0.15, 0.2) is 5.82 Å². The van der Waals surface area contributed by atoms with Crippen molar-refractivity contribution >= 4 is 5.91 Å². The van der Waals surface area contributed by atoms with E-state index in [0.717, 1.165) is 11.3 Å². The summed E-state index contributed by atoms with van der Waals surface area (Å²) in [5.74, 6) is 1.65. The van der Waals surface area contributed by atoms with E-state index in [1.165, 1.54) is 6.07 Å². The number of carbonyl (C=O) groups is 1. The fourth-order valence-electron chi connectivity index (χ4n) is 2.80. The highest BCUT2D eigenvalue weighted by atomic mass is 16.5. The lowest BCUT2D eigenvalue weighted by Gasteiger charge is -2.13. The maximum Gasteiger partial charge on any atom is 0.254 e. The molecule has 156 valence electrons. The van der Waals surface area contributed by atoms with Crippen LogP contribution in [0.15, 0.2) is 59.7 Å². The number of carbonyl (C=O) groups excluding carboxylic acids is 1. The molecule has 0 atom stereocenters. The van der Waals surface area contributed by atoms with Crippen LogP contribution in [-0.2, 0) is 17.9 Å². The Morgan fingerprint density at radius 3 is 2.47 bits per heavy atom. The van der Waals surface area contributed by atoms with Gasteiger partial charge in [0.25, 0.3) is 5.56 Å². The van der Waals surface area contributed by atoms with Crippen LogP contribution in [-0.4, -0.2) is 34.1 Å². The van der Waals surface area contributed by atoms with Crippen molar-refractivity contribution in [2.75, 3.05) is 13.7 Å². The summed E-state index contributed by atoms with van der Waals surface area (Å²) in [7, 11) is 1.59. The minimum Gasteiger partial charge on any atom is -0.493 e. The zero-order chi connectivity index (χ0) is 21.3. The van der Waals surface area contributed by atoms with E-state index in [0.29, 0.717) is 36.9 Å². The van der Waals surface area contributed by atoms with E-state index in [1.54, 1.807) is 30.1 Å². The molecular weight excluding hydrogens is 384 g/mol. The van der Waals surface area contributed by atoms with E-state index in [-0.39, 0.29) is 18.1 Å². The van der Waals surface area contributed by atoms with E-state index in [9.17, 15) is 9.59 Å². The predicted molar refractivity (Wildman–Crippen MR) is 112 cm³/mol. The lowest BCUT2D eigenvalue weighted by Crippen LogP contribution is -2.22. The van der Waals surface area contributed by atoms with Crippen LogP contribution in [0.1, 0.15) is 23.5 Å². The van der Waals surface area contributed by atoms with Gasteiger partial charge >= 0.3 is 0 Å². The third kappa shape index (κ3) is 5.91. The topological polar surface area (TPSA) is 95.3 Å². The number of aromatic nitrogens is 3. The van der Waals surface area contributed by atoms with E-state index in [1.807, 2.05) is 37.3 Å². The molecule has 0 saturated heterocycles. The molecule has 0 aliphatic carbocycles. The molecule has 1 amide bonds. The summed E-state index contributed by atoms with van der Waals surface area (Å²) in [4.78, 5) is 32.0.